The van der Waals surface area contributed by atoms with Crippen LogP contribution in [0, 0.1) is 0 Å². The summed E-state index contributed by atoms with van der Waals surface area (Å²) >= 11 is 0. The predicted molar refractivity (Wildman–Crippen MR) is 65.2 cm³/mol. The molecule has 1 saturated heterocycles. The topological polar surface area (TPSA) is 61.9 Å². The van der Waals surface area contributed by atoms with E-state index < -0.39 is 0 Å². The van der Waals surface area contributed by atoms with Gasteiger partial charge in [0.25, 0.3) is 0 Å². The van der Waals surface area contributed by atoms with Crippen molar-refractivity contribution < 1.29 is 4.79 Å². The Balaban J connectivity index is 2.58. The van der Waals surface area contributed by atoms with Crippen LogP contribution in [0.2, 0.25) is 0 Å². The van der Waals surface area contributed by atoms with Crippen molar-refractivity contribution in [1.82, 2.24) is 9.91 Å². The van der Waals surface area contributed by atoms with Crippen LogP contribution in [0.5, 0.6) is 0 Å². The molecule has 16 heavy (non-hydrogen) atoms. The summed E-state index contributed by atoms with van der Waals surface area (Å²) in [4.78, 5) is 13.1. The third kappa shape index (κ3) is 3.20. The van der Waals surface area contributed by atoms with Crippen LogP contribution in [0.1, 0.15) is 26.7 Å². The summed E-state index contributed by atoms with van der Waals surface area (Å²) in [5, 5.41) is 6.38. The van der Waals surface area contributed by atoms with Crippen LogP contribution in [0.15, 0.2) is 5.10 Å². The SMILES string of the molecule is C/C(=N/N(C)C1CCC(=O)N(C)C1)C(C)N. The Bertz CT molecular complexity index is 288. The second kappa shape index (κ2) is 5.30. The van der Waals surface area contributed by atoms with E-state index in [9.17, 15) is 4.79 Å². The maximum Gasteiger partial charge on any atom is 0.222 e. The molecule has 5 heteroatoms. The number of piperidine rings is 1. The molecule has 0 radical (unpaired) electrons. The average Bonchev–Trinajstić information content (AvgIpc) is 2.21. The highest BCUT2D eigenvalue weighted by Gasteiger charge is 2.25. The van der Waals surface area contributed by atoms with Crippen LogP contribution in [0.3, 0.4) is 0 Å². The highest BCUT2D eigenvalue weighted by atomic mass is 16.2. The lowest BCUT2D eigenvalue weighted by Gasteiger charge is -2.34. The Morgan fingerprint density at radius 2 is 2.31 bits per heavy atom. The number of rotatable bonds is 3. The van der Waals surface area contributed by atoms with Crippen molar-refractivity contribution in [2.24, 2.45) is 10.8 Å². The largest absolute Gasteiger partial charge is 0.344 e. The lowest BCUT2D eigenvalue weighted by Crippen LogP contribution is -2.46. The monoisotopic (exact) mass is 226 g/mol. The normalized spacial score (nSPS) is 24.6. The first-order valence-electron chi connectivity index (χ1n) is 5.69. The van der Waals surface area contributed by atoms with E-state index in [1.165, 1.54) is 0 Å². The predicted octanol–water partition coefficient (Wildman–Crippen LogP) is 0.262. The molecule has 1 heterocycles. The molecular weight excluding hydrogens is 204 g/mol. The Morgan fingerprint density at radius 3 is 2.81 bits per heavy atom. The molecule has 1 aliphatic heterocycles. The van der Waals surface area contributed by atoms with Crippen molar-refractivity contribution in [3.05, 3.63) is 0 Å². The number of hydrazone groups is 1. The minimum Gasteiger partial charge on any atom is -0.344 e. The summed E-state index contributed by atoms with van der Waals surface area (Å²) in [6.45, 7) is 4.59. The summed E-state index contributed by atoms with van der Waals surface area (Å²) in [5.41, 5.74) is 6.66. The highest BCUT2D eigenvalue weighted by molar-refractivity contribution is 5.86. The summed E-state index contributed by atoms with van der Waals surface area (Å²) in [5.74, 6) is 0.220. The van der Waals surface area contributed by atoms with Gasteiger partial charge >= 0.3 is 0 Å². The van der Waals surface area contributed by atoms with Gasteiger partial charge in [0.2, 0.25) is 5.91 Å². The van der Waals surface area contributed by atoms with Crippen molar-refractivity contribution in [2.45, 2.75) is 38.8 Å². The van der Waals surface area contributed by atoms with Crippen molar-refractivity contribution >= 4 is 11.6 Å². The molecule has 1 amide bonds. The standard InChI is InChI=1S/C11H22N4O/c1-8(12)9(2)13-15(4)10-5-6-11(16)14(3)7-10/h8,10H,5-7,12H2,1-4H3/b13-9-. The van der Waals surface area contributed by atoms with Crippen LogP contribution in [-0.2, 0) is 4.79 Å². The molecule has 1 fully saturated rings. The molecule has 2 atom stereocenters. The first-order valence-corrected chi connectivity index (χ1v) is 5.69. The lowest BCUT2D eigenvalue weighted by atomic mass is 10.1. The fourth-order valence-electron chi connectivity index (χ4n) is 1.72. The number of likely N-dealkylation sites (tertiary alicyclic amines) is 1. The number of nitrogens with zero attached hydrogens (tertiary/aromatic N) is 3. The fourth-order valence-corrected chi connectivity index (χ4v) is 1.72. The van der Waals surface area contributed by atoms with E-state index in [0.717, 1.165) is 18.7 Å². The van der Waals surface area contributed by atoms with Gasteiger partial charge in [-0.05, 0) is 20.3 Å². The molecule has 1 aliphatic rings. The number of carbonyl (C=O) groups is 1. The molecule has 1 rings (SSSR count). The molecule has 5 nitrogen and oxygen atoms in total. The molecule has 0 saturated carbocycles. The van der Waals surface area contributed by atoms with Crippen molar-refractivity contribution in [3.63, 3.8) is 0 Å². The molecule has 0 spiro atoms. The van der Waals surface area contributed by atoms with Gasteiger partial charge in [-0.25, -0.2) is 0 Å². The molecule has 0 aromatic carbocycles. The molecule has 2 unspecified atom stereocenters. The number of nitrogens with two attached hydrogens (primary N) is 1. The smallest absolute Gasteiger partial charge is 0.222 e. The van der Waals surface area contributed by atoms with E-state index >= 15 is 0 Å². The van der Waals surface area contributed by atoms with Crippen LogP contribution < -0.4 is 5.73 Å². The van der Waals surface area contributed by atoms with Gasteiger partial charge in [0.1, 0.15) is 0 Å². The fraction of sp³-hybridized carbons (Fsp3) is 0.818. The highest BCUT2D eigenvalue weighted by Crippen LogP contribution is 2.14. The Labute approximate surface area is 97.3 Å². The van der Waals surface area contributed by atoms with Crippen LogP contribution in [0.4, 0.5) is 0 Å². The van der Waals surface area contributed by atoms with Gasteiger partial charge < -0.3 is 10.6 Å². The Hall–Kier alpha value is -1.10. The van der Waals surface area contributed by atoms with Gasteiger partial charge in [-0.1, -0.05) is 0 Å². The van der Waals surface area contributed by atoms with E-state index in [0.29, 0.717) is 12.5 Å². The summed E-state index contributed by atoms with van der Waals surface area (Å²) in [6.07, 6.45) is 1.48. The molecule has 0 aromatic heterocycles. The van der Waals surface area contributed by atoms with Crippen LogP contribution in [0.25, 0.3) is 0 Å². The number of hydrogen-bond acceptors (Lipinski definition) is 4. The average molecular weight is 226 g/mol. The number of carbonyl (C=O) groups excluding carboxylic acids is 1. The molecule has 0 aliphatic carbocycles. The van der Waals surface area contributed by atoms with Gasteiger partial charge in [0.05, 0.1) is 11.8 Å². The van der Waals surface area contributed by atoms with Gasteiger partial charge in [-0.2, -0.15) is 5.10 Å². The van der Waals surface area contributed by atoms with E-state index in [4.69, 9.17) is 5.73 Å². The molecule has 2 N–H and O–H groups in total. The van der Waals surface area contributed by atoms with E-state index in [1.54, 1.807) is 4.90 Å². The van der Waals surface area contributed by atoms with E-state index in [2.05, 4.69) is 5.10 Å². The number of hydrogen-bond donors (Lipinski definition) is 1. The first-order chi connectivity index (χ1) is 7.41. The quantitative estimate of drug-likeness (QED) is 0.555. The second-order valence-corrected chi connectivity index (χ2v) is 4.57. The minimum absolute atomic E-state index is 0.0228. The van der Waals surface area contributed by atoms with Gasteiger partial charge in [-0.3, -0.25) is 9.80 Å². The maximum atomic E-state index is 11.3. The van der Waals surface area contributed by atoms with Gasteiger partial charge in [0.15, 0.2) is 0 Å². The third-order valence-electron chi connectivity index (χ3n) is 3.10. The molecule has 92 valence electrons. The lowest BCUT2D eigenvalue weighted by molar-refractivity contribution is -0.133. The summed E-state index contributed by atoms with van der Waals surface area (Å²) in [7, 11) is 3.78. The Morgan fingerprint density at radius 1 is 1.69 bits per heavy atom. The molecule has 0 bridgehead atoms. The second-order valence-electron chi connectivity index (χ2n) is 4.57. The maximum absolute atomic E-state index is 11.3. The zero-order chi connectivity index (χ0) is 12.3. The van der Waals surface area contributed by atoms with Gasteiger partial charge in [-0.15, -0.1) is 0 Å². The minimum atomic E-state index is -0.0228. The molecular formula is C11H22N4O. The molecule has 0 aromatic rings. The zero-order valence-corrected chi connectivity index (χ0v) is 10.6. The zero-order valence-electron chi connectivity index (χ0n) is 10.6. The van der Waals surface area contributed by atoms with Crippen LogP contribution >= 0.6 is 0 Å². The summed E-state index contributed by atoms with van der Waals surface area (Å²) < 4.78 is 0. The van der Waals surface area contributed by atoms with E-state index in [-0.39, 0.29) is 11.9 Å². The van der Waals surface area contributed by atoms with Crippen LogP contribution in [-0.4, -0.2) is 54.3 Å². The van der Waals surface area contributed by atoms with Gasteiger partial charge in [0, 0.05) is 33.1 Å². The number of likely N-dealkylation sites (N-methyl/N-ethyl adjacent to an activating group) is 2. The third-order valence-corrected chi connectivity index (χ3v) is 3.10. The Kier molecular flexibility index (Phi) is 4.29. The first kappa shape index (κ1) is 13.0. The summed E-state index contributed by atoms with van der Waals surface area (Å²) in [6, 6.07) is 0.279. The van der Waals surface area contributed by atoms with E-state index in [1.807, 2.05) is 33.0 Å². The number of amides is 1. The van der Waals surface area contributed by atoms with Crippen molar-refractivity contribution in [2.75, 3.05) is 20.6 Å². The van der Waals surface area contributed by atoms with Crippen molar-refractivity contribution in [3.8, 4) is 0 Å². The van der Waals surface area contributed by atoms with Crippen molar-refractivity contribution in [1.29, 1.82) is 0 Å².